The average Bonchev–Trinajstić information content (AvgIpc) is 2.32. The quantitative estimate of drug-likeness (QED) is 0.758. The molecule has 5 heteroatoms. The van der Waals surface area contributed by atoms with Crippen molar-refractivity contribution in [1.82, 2.24) is 0 Å². The maximum atomic E-state index is 13.3. The molecule has 0 amide bonds. The molecule has 0 spiro atoms. The lowest BCUT2D eigenvalue weighted by molar-refractivity contribution is -0.139. The van der Waals surface area contributed by atoms with Crippen LogP contribution in [0.25, 0.3) is 6.08 Å². The molecule has 0 radical (unpaired) electrons. The van der Waals surface area contributed by atoms with Gasteiger partial charge in [-0.05, 0) is 12.1 Å². The number of nitriles is 1. The van der Waals surface area contributed by atoms with E-state index < -0.39 is 17.6 Å². The third kappa shape index (κ3) is 3.38. The van der Waals surface area contributed by atoms with E-state index in [1.165, 1.54) is 25.3 Å². The number of esters is 1. The molecule has 17 heavy (non-hydrogen) atoms. The molecule has 0 aromatic heterocycles. The smallest absolute Gasteiger partial charge is 0.309 e. The first kappa shape index (κ1) is 12.8. The van der Waals surface area contributed by atoms with Gasteiger partial charge in [0.25, 0.3) is 0 Å². The lowest BCUT2D eigenvalue weighted by Gasteiger charge is -1.99. The van der Waals surface area contributed by atoms with E-state index in [2.05, 4.69) is 4.74 Å². The number of carbonyl (C=O) groups excluding carboxylic acids is 1. The number of rotatable bonds is 3. The van der Waals surface area contributed by atoms with Crippen LogP contribution in [-0.4, -0.2) is 13.1 Å². The van der Waals surface area contributed by atoms with Crippen LogP contribution >= 0.6 is 0 Å². The zero-order valence-electron chi connectivity index (χ0n) is 9.04. The number of hydrogen-bond acceptors (Lipinski definition) is 3. The van der Waals surface area contributed by atoms with E-state index in [0.29, 0.717) is 0 Å². The SMILES string of the molecule is COC(=O)CC=Cc1cc(F)c(C#N)cc1F. The Kier molecular flexibility index (Phi) is 4.35. The highest BCUT2D eigenvalue weighted by Crippen LogP contribution is 2.15. The molecule has 0 heterocycles. The van der Waals surface area contributed by atoms with Gasteiger partial charge in [-0.1, -0.05) is 12.2 Å². The van der Waals surface area contributed by atoms with Crippen LogP contribution in [0.2, 0.25) is 0 Å². The summed E-state index contributed by atoms with van der Waals surface area (Å²) < 4.78 is 30.9. The minimum atomic E-state index is -0.799. The van der Waals surface area contributed by atoms with Crippen LogP contribution in [0.1, 0.15) is 17.5 Å². The van der Waals surface area contributed by atoms with Gasteiger partial charge in [-0.15, -0.1) is 0 Å². The van der Waals surface area contributed by atoms with Gasteiger partial charge in [0.1, 0.15) is 17.7 Å². The average molecular weight is 237 g/mol. The summed E-state index contributed by atoms with van der Waals surface area (Å²) in [5, 5.41) is 8.48. The summed E-state index contributed by atoms with van der Waals surface area (Å²) in [6, 6.07) is 3.25. The van der Waals surface area contributed by atoms with Gasteiger partial charge in [0.05, 0.1) is 19.1 Å². The maximum Gasteiger partial charge on any atom is 0.309 e. The van der Waals surface area contributed by atoms with Crippen molar-refractivity contribution in [3.8, 4) is 6.07 Å². The van der Waals surface area contributed by atoms with E-state index in [0.717, 1.165) is 12.1 Å². The van der Waals surface area contributed by atoms with Gasteiger partial charge in [0.2, 0.25) is 0 Å². The van der Waals surface area contributed by atoms with Crippen LogP contribution in [0, 0.1) is 23.0 Å². The minimum Gasteiger partial charge on any atom is -0.469 e. The molecule has 1 aromatic carbocycles. The summed E-state index contributed by atoms with van der Waals surface area (Å²) in [5.41, 5.74) is -0.377. The molecule has 0 bridgehead atoms. The predicted molar refractivity (Wildman–Crippen MR) is 56.7 cm³/mol. The van der Waals surface area contributed by atoms with Crippen LogP contribution < -0.4 is 0 Å². The highest BCUT2D eigenvalue weighted by atomic mass is 19.1. The molecule has 0 aliphatic heterocycles. The summed E-state index contributed by atoms with van der Waals surface area (Å²) in [7, 11) is 1.23. The molecule has 1 aromatic rings. The van der Waals surface area contributed by atoms with E-state index in [1.54, 1.807) is 0 Å². The molecule has 3 nitrogen and oxygen atoms in total. The van der Waals surface area contributed by atoms with Crippen molar-refractivity contribution in [3.05, 3.63) is 41.0 Å². The molecule has 0 saturated carbocycles. The fraction of sp³-hybridized carbons (Fsp3) is 0.167. The van der Waals surface area contributed by atoms with Gasteiger partial charge in [-0.25, -0.2) is 8.78 Å². The summed E-state index contributed by atoms with van der Waals surface area (Å²) in [5.74, 6) is -1.99. The van der Waals surface area contributed by atoms with E-state index in [9.17, 15) is 13.6 Å². The van der Waals surface area contributed by atoms with Gasteiger partial charge >= 0.3 is 5.97 Å². The van der Waals surface area contributed by atoms with Crippen molar-refractivity contribution in [2.45, 2.75) is 6.42 Å². The highest BCUT2D eigenvalue weighted by molar-refractivity contribution is 5.72. The van der Waals surface area contributed by atoms with Crippen LogP contribution in [-0.2, 0) is 9.53 Å². The number of carbonyl (C=O) groups is 1. The fourth-order valence-electron chi connectivity index (χ4n) is 1.14. The number of benzene rings is 1. The van der Waals surface area contributed by atoms with Crippen molar-refractivity contribution in [3.63, 3.8) is 0 Å². The first-order valence-corrected chi connectivity index (χ1v) is 4.71. The molecule has 0 atom stereocenters. The Morgan fingerprint density at radius 3 is 2.76 bits per heavy atom. The van der Waals surface area contributed by atoms with Crippen LogP contribution in [0.4, 0.5) is 8.78 Å². The molecule has 88 valence electrons. The first-order chi connectivity index (χ1) is 8.08. The third-order valence-electron chi connectivity index (χ3n) is 2.02. The maximum absolute atomic E-state index is 13.3. The summed E-state index contributed by atoms with van der Waals surface area (Å²) in [6.07, 6.45) is 2.59. The third-order valence-corrected chi connectivity index (χ3v) is 2.02. The van der Waals surface area contributed by atoms with Gasteiger partial charge in [0.15, 0.2) is 0 Å². The lowest BCUT2D eigenvalue weighted by Crippen LogP contribution is -1.97. The lowest BCUT2D eigenvalue weighted by atomic mass is 10.1. The number of nitrogens with zero attached hydrogens (tertiary/aromatic N) is 1. The van der Waals surface area contributed by atoms with Crippen molar-refractivity contribution in [2.24, 2.45) is 0 Å². The Morgan fingerprint density at radius 1 is 1.47 bits per heavy atom. The second-order valence-electron chi connectivity index (χ2n) is 3.15. The summed E-state index contributed by atoms with van der Waals surface area (Å²) >= 11 is 0. The normalized spacial score (nSPS) is 10.2. The number of hydrogen-bond donors (Lipinski definition) is 0. The molecule has 1 rings (SSSR count). The van der Waals surface area contributed by atoms with E-state index >= 15 is 0 Å². The minimum absolute atomic E-state index is 0.0228. The molecular weight excluding hydrogens is 228 g/mol. The van der Waals surface area contributed by atoms with Crippen molar-refractivity contribution < 1.29 is 18.3 Å². The van der Waals surface area contributed by atoms with Crippen LogP contribution in [0.3, 0.4) is 0 Å². The molecule has 0 N–H and O–H groups in total. The van der Waals surface area contributed by atoms with Crippen LogP contribution in [0.15, 0.2) is 18.2 Å². The standard InChI is InChI=1S/C12H9F2NO2/c1-17-12(16)4-2-3-8-5-11(14)9(7-15)6-10(8)13/h2-3,5-6H,4H2,1H3. The van der Waals surface area contributed by atoms with Gasteiger partial charge < -0.3 is 4.74 Å². The van der Waals surface area contributed by atoms with Crippen LogP contribution in [0.5, 0.6) is 0 Å². The zero-order chi connectivity index (χ0) is 12.8. The Bertz CT molecular complexity index is 504. The Labute approximate surface area is 96.9 Å². The predicted octanol–water partition coefficient (Wildman–Crippen LogP) is 2.41. The topological polar surface area (TPSA) is 50.1 Å². The van der Waals surface area contributed by atoms with E-state index in [1.807, 2.05) is 0 Å². The molecule has 0 aliphatic rings. The Hall–Kier alpha value is -2.22. The second kappa shape index (κ2) is 5.75. The van der Waals surface area contributed by atoms with E-state index in [4.69, 9.17) is 5.26 Å². The summed E-state index contributed by atoms with van der Waals surface area (Å²) in [4.78, 5) is 10.8. The highest BCUT2D eigenvalue weighted by Gasteiger charge is 2.07. The van der Waals surface area contributed by atoms with Crippen molar-refractivity contribution in [1.29, 1.82) is 5.26 Å². The molecule has 0 fully saturated rings. The van der Waals surface area contributed by atoms with Crippen molar-refractivity contribution in [2.75, 3.05) is 7.11 Å². The van der Waals surface area contributed by atoms with Crippen molar-refractivity contribution >= 4 is 12.0 Å². The van der Waals surface area contributed by atoms with Gasteiger partial charge in [0, 0.05) is 5.56 Å². The Morgan fingerprint density at radius 2 is 2.18 bits per heavy atom. The molecule has 0 saturated heterocycles. The molecule has 0 unspecified atom stereocenters. The van der Waals surface area contributed by atoms with Gasteiger partial charge in [-0.2, -0.15) is 5.26 Å². The van der Waals surface area contributed by atoms with E-state index in [-0.39, 0.29) is 17.5 Å². The number of halogens is 2. The number of ether oxygens (including phenoxy) is 1. The summed E-state index contributed by atoms with van der Waals surface area (Å²) in [6.45, 7) is 0. The monoisotopic (exact) mass is 237 g/mol. The first-order valence-electron chi connectivity index (χ1n) is 4.71. The second-order valence-corrected chi connectivity index (χ2v) is 3.15. The zero-order valence-corrected chi connectivity index (χ0v) is 9.04. The van der Waals surface area contributed by atoms with Gasteiger partial charge in [-0.3, -0.25) is 4.79 Å². The Balaban J connectivity index is 2.90. The fourth-order valence-corrected chi connectivity index (χ4v) is 1.14. The number of methoxy groups -OCH3 is 1. The molecule has 0 aliphatic carbocycles. The molecular formula is C12H9F2NO2. The largest absolute Gasteiger partial charge is 0.469 e.